The Morgan fingerprint density at radius 2 is 2.11 bits per heavy atom. The van der Waals surface area contributed by atoms with Gasteiger partial charge in [-0.05, 0) is 52.0 Å². The van der Waals surface area contributed by atoms with Crippen molar-refractivity contribution in [1.82, 2.24) is 15.5 Å². The third kappa shape index (κ3) is 7.49. The minimum Gasteiger partial charge on any atom is -0.444 e. The van der Waals surface area contributed by atoms with E-state index >= 15 is 0 Å². The van der Waals surface area contributed by atoms with E-state index in [1.807, 2.05) is 25.7 Å². The molecule has 1 aliphatic heterocycles. The van der Waals surface area contributed by atoms with Gasteiger partial charge in [-0.25, -0.2) is 4.79 Å². The lowest BCUT2D eigenvalue weighted by molar-refractivity contribution is 0.0168. The molecule has 1 aromatic rings. The van der Waals surface area contributed by atoms with Gasteiger partial charge in [-0.3, -0.25) is 4.99 Å². The highest BCUT2D eigenvalue weighted by Gasteiger charge is 2.27. The van der Waals surface area contributed by atoms with Crippen molar-refractivity contribution < 1.29 is 9.53 Å². The normalized spacial score (nSPS) is 18.2. The van der Waals surface area contributed by atoms with Gasteiger partial charge in [0.1, 0.15) is 5.60 Å². The second-order valence-electron chi connectivity index (χ2n) is 8.23. The molecule has 1 atom stereocenters. The third-order valence-corrected chi connectivity index (χ3v) is 4.49. The average Bonchev–Trinajstić information content (AvgIpc) is 2.61. The molecule has 6 nitrogen and oxygen atoms in total. The second-order valence-corrected chi connectivity index (χ2v) is 8.23. The maximum Gasteiger partial charge on any atom is 0.410 e. The number of hydrogen-bond donors (Lipinski definition) is 2. The van der Waals surface area contributed by atoms with Crippen molar-refractivity contribution in [3.05, 3.63) is 35.4 Å². The topological polar surface area (TPSA) is 66.0 Å². The van der Waals surface area contributed by atoms with Gasteiger partial charge in [0.05, 0.1) is 0 Å². The largest absolute Gasteiger partial charge is 0.444 e. The number of guanidine groups is 1. The van der Waals surface area contributed by atoms with Gasteiger partial charge in [-0.1, -0.05) is 29.8 Å². The van der Waals surface area contributed by atoms with Crippen LogP contribution in [-0.2, 0) is 11.3 Å². The molecule has 0 bridgehead atoms. The quantitative estimate of drug-likeness (QED) is 0.627. The van der Waals surface area contributed by atoms with Crippen LogP contribution in [0.15, 0.2) is 29.3 Å². The van der Waals surface area contributed by atoms with E-state index < -0.39 is 5.60 Å². The number of nitrogens with zero attached hydrogens (tertiary/aromatic N) is 2. The van der Waals surface area contributed by atoms with Gasteiger partial charge in [-0.2, -0.15) is 0 Å². The van der Waals surface area contributed by atoms with E-state index in [0.717, 1.165) is 45.0 Å². The molecule has 0 aromatic heterocycles. The summed E-state index contributed by atoms with van der Waals surface area (Å²) in [4.78, 5) is 18.4. The average molecular weight is 375 g/mol. The molecule has 2 N–H and O–H groups in total. The summed E-state index contributed by atoms with van der Waals surface area (Å²) < 4.78 is 5.50. The van der Waals surface area contributed by atoms with Gasteiger partial charge in [-0.15, -0.1) is 0 Å². The number of amides is 1. The van der Waals surface area contributed by atoms with Crippen LogP contribution < -0.4 is 10.6 Å². The number of aryl methyl sites for hydroxylation is 1. The fraction of sp³-hybridized carbons (Fsp3) is 0.619. The number of aliphatic imine (C=N–C) groups is 1. The third-order valence-electron chi connectivity index (χ3n) is 4.49. The van der Waals surface area contributed by atoms with Crippen LogP contribution in [0.1, 0.15) is 44.7 Å². The van der Waals surface area contributed by atoms with Gasteiger partial charge < -0.3 is 20.3 Å². The fourth-order valence-electron chi connectivity index (χ4n) is 3.19. The lowest BCUT2D eigenvalue weighted by Gasteiger charge is -2.34. The molecule has 1 aliphatic rings. The molecule has 1 heterocycles. The molecule has 0 aliphatic carbocycles. The van der Waals surface area contributed by atoms with Crippen LogP contribution in [0.4, 0.5) is 4.79 Å². The summed E-state index contributed by atoms with van der Waals surface area (Å²) in [6.07, 6.45) is 1.89. The number of rotatable bonds is 4. The van der Waals surface area contributed by atoms with E-state index in [2.05, 4.69) is 46.8 Å². The Morgan fingerprint density at radius 3 is 2.78 bits per heavy atom. The summed E-state index contributed by atoms with van der Waals surface area (Å²) in [6, 6.07) is 8.43. The Balaban J connectivity index is 1.79. The van der Waals surface area contributed by atoms with E-state index in [1.165, 1.54) is 11.1 Å². The number of carbonyl (C=O) groups excluding carboxylic acids is 1. The first-order chi connectivity index (χ1) is 12.8. The number of carbonyl (C=O) groups is 1. The lowest BCUT2D eigenvalue weighted by atomic mass is 9.98. The van der Waals surface area contributed by atoms with Gasteiger partial charge in [0.15, 0.2) is 5.96 Å². The van der Waals surface area contributed by atoms with Crippen LogP contribution in [0.25, 0.3) is 0 Å². The van der Waals surface area contributed by atoms with Crippen molar-refractivity contribution in [2.24, 2.45) is 10.9 Å². The zero-order chi connectivity index (χ0) is 19.9. The summed E-state index contributed by atoms with van der Waals surface area (Å²) in [7, 11) is 1.78. The monoisotopic (exact) mass is 374 g/mol. The summed E-state index contributed by atoms with van der Waals surface area (Å²) in [5, 5.41) is 6.74. The zero-order valence-corrected chi connectivity index (χ0v) is 17.3. The van der Waals surface area contributed by atoms with E-state index in [0.29, 0.717) is 5.92 Å². The first-order valence-corrected chi connectivity index (χ1v) is 9.75. The van der Waals surface area contributed by atoms with E-state index in [-0.39, 0.29) is 6.09 Å². The molecule has 0 saturated carbocycles. The number of nitrogens with one attached hydrogen (secondary N) is 2. The molecule has 1 unspecified atom stereocenters. The smallest absolute Gasteiger partial charge is 0.410 e. The molecule has 0 spiro atoms. The number of benzene rings is 1. The predicted octanol–water partition coefficient (Wildman–Crippen LogP) is 3.31. The Labute approximate surface area is 163 Å². The summed E-state index contributed by atoms with van der Waals surface area (Å²) in [5.41, 5.74) is 2.03. The standard InChI is InChI=1S/C21H34N4O2/c1-16-8-6-9-17(12-16)13-23-19(22-5)24-14-18-10-7-11-25(15-18)20(26)27-21(2,3)4/h6,8-9,12,18H,7,10-11,13-15H2,1-5H3,(H2,22,23,24). The van der Waals surface area contributed by atoms with Crippen LogP contribution in [0, 0.1) is 12.8 Å². The van der Waals surface area contributed by atoms with Crippen LogP contribution in [0.3, 0.4) is 0 Å². The Kier molecular flexibility index (Phi) is 7.51. The summed E-state index contributed by atoms with van der Waals surface area (Å²) in [5.74, 6) is 1.18. The minimum absolute atomic E-state index is 0.214. The van der Waals surface area contributed by atoms with E-state index in [9.17, 15) is 4.79 Å². The van der Waals surface area contributed by atoms with E-state index in [1.54, 1.807) is 7.05 Å². The number of hydrogen-bond acceptors (Lipinski definition) is 3. The van der Waals surface area contributed by atoms with Crippen molar-refractivity contribution in [3.8, 4) is 0 Å². The maximum absolute atomic E-state index is 12.3. The summed E-state index contributed by atoms with van der Waals surface area (Å²) in [6.45, 7) is 10.8. The Morgan fingerprint density at radius 1 is 1.33 bits per heavy atom. The Hall–Kier alpha value is -2.24. The molecule has 6 heteroatoms. The van der Waals surface area contributed by atoms with Gasteiger partial charge in [0.2, 0.25) is 0 Å². The minimum atomic E-state index is -0.454. The number of ether oxygens (including phenoxy) is 1. The Bertz CT molecular complexity index is 652. The second kappa shape index (κ2) is 9.62. The molecule has 1 aromatic carbocycles. The van der Waals surface area contributed by atoms with Crippen molar-refractivity contribution >= 4 is 12.1 Å². The molecule has 1 amide bonds. The van der Waals surface area contributed by atoms with Crippen molar-refractivity contribution in [2.45, 2.75) is 52.7 Å². The highest BCUT2D eigenvalue weighted by molar-refractivity contribution is 5.79. The van der Waals surface area contributed by atoms with Crippen LogP contribution in [-0.4, -0.2) is 49.2 Å². The highest BCUT2D eigenvalue weighted by Crippen LogP contribution is 2.18. The van der Waals surface area contributed by atoms with Crippen molar-refractivity contribution in [3.63, 3.8) is 0 Å². The molecule has 150 valence electrons. The number of piperidine rings is 1. The maximum atomic E-state index is 12.3. The fourth-order valence-corrected chi connectivity index (χ4v) is 3.19. The molecule has 2 rings (SSSR count). The van der Waals surface area contributed by atoms with Crippen LogP contribution in [0.5, 0.6) is 0 Å². The van der Waals surface area contributed by atoms with Gasteiger partial charge in [0.25, 0.3) is 0 Å². The molecule has 27 heavy (non-hydrogen) atoms. The molecular formula is C21H34N4O2. The van der Waals surface area contributed by atoms with E-state index in [4.69, 9.17) is 4.74 Å². The first-order valence-electron chi connectivity index (χ1n) is 9.75. The van der Waals surface area contributed by atoms with Crippen LogP contribution >= 0.6 is 0 Å². The molecule has 1 fully saturated rings. The zero-order valence-electron chi connectivity index (χ0n) is 17.3. The van der Waals surface area contributed by atoms with Gasteiger partial charge >= 0.3 is 6.09 Å². The van der Waals surface area contributed by atoms with Crippen molar-refractivity contribution in [2.75, 3.05) is 26.7 Å². The lowest BCUT2D eigenvalue weighted by Crippen LogP contribution is -2.47. The van der Waals surface area contributed by atoms with Gasteiger partial charge in [0, 0.05) is 33.2 Å². The first kappa shape index (κ1) is 21.1. The SMILES string of the molecule is CN=C(NCc1cccc(C)c1)NCC1CCCN(C(=O)OC(C)(C)C)C1. The molecule has 1 saturated heterocycles. The summed E-state index contributed by atoms with van der Waals surface area (Å²) >= 11 is 0. The predicted molar refractivity (Wildman–Crippen MR) is 110 cm³/mol. The highest BCUT2D eigenvalue weighted by atomic mass is 16.6. The van der Waals surface area contributed by atoms with Crippen LogP contribution in [0.2, 0.25) is 0 Å². The molecular weight excluding hydrogens is 340 g/mol. The van der Waals surface area contributed by atoms with Crippen molar-refractivity contribution in [1.29, 1.82) is 0 Å². The number of likely N-dealkylation sites (tertiary alicyclic amines) is 1. The molecule has 0 radical (unpaired) electrons.